The van der Waals surface area contributed by atoms with E-state index in [9.17, 15) is 4.39 Å². The number of nitrogens with zero attached hydrogens (tertiary/aromatic N) is 1. The molecular formula is C14H23FN2. The first-order valence-electron chi connectivity index (χ1n) is 6.05. The molecule has 1 atom stereocenters. The summed E-state index contributed by atoms with van der Waals surface area (Å²) in [7, 11) is 2.00. The van der Waals surface area contributed by atoms with E-state index in [1.54, 1.807) is 6.07 Å². The summed E-state index contributed by atoms with van der Waals surface area (Å²) in [6, 6.07) is 7.00. The van der Waals surface area contributed by atoms with Crippen LogP contribution in [-0.4, -0.2) is 24.0 Å². The van der Waals surface area contributed by atoms with Crippen LogP contribution in [0.4, 0.5) is 4.39 Å². The molecule has 0 saturated carbocycles. The first-order chi connectivity index (χ1) is 7.81. The Morgan fingerprint density at radius 2 is 1.94 bits per heavy atom. The zero-order valence-corrected chi connectivity index (χ0v) is 11.2. The van der Waals surface area contributed by atoms with Crippen molar-refractivity contribution >= 4 is 0 Å². The summed E-state index contributed by atoms with van der Waals surface area (Å²) >= 11 is 0. The molecule has 0 spiro atoms. The molecule has 2 nitrogen and oxygen atoms in total. The molecule has 17 heavy (non-hydrogen) atoms. The Bertz CT molecular complexity index is 357. The van der Waals surface area contributed by atoms with Crippen LogP contribution in [0.2, 0.25) is 0 Å². The fourth-order valence-electron chi connectivity index (χ4n) is 1.71. The lowest BCUT2D eigenvalue weighted by Gasteiger charge is -2.28. The Kier molecular flexibility index (Phi) is 4.66. The maximum absolute atomic E-state index is 13.6. The van der Waals surface area contributed by atoms with Gasteiger partial charge in [-0.2, -0.15) is 0 Å². The molecule has 1 unspecified atom stereocenters. The molecule has 0 fully saturated rings. The van der Waals surface area contributed by atoms with E-state index in [-0.39, 0.29) is 17.4 Å². The molecule has 96 valence electrons. The second-order valence-corrected chi connectivity index (χ2v) is 5.42. The van der Waals surface area contributed by atoms with Crippen molar-refractivity contribution in [2.45, 2.75) is 38.8 Å². The van der Waals surface area contributed by atoms with Gasteiger partial charge >= 0.3 is 0 Å². The molecule has 0 aliphatic heterocycles. The van der Waals surface area contributed by atoms with Crippen molar-refractivity contribution in [1.82, 2.24) is 4.90 Å². The van der Waals surface area contributed by atoms with Crippen molar-refractivity contribution in [2.75, 3.05) is 13.6 Å². The summed E-state index contributed by atoms with van der Waals surface area (Å²) in [5.74, 6) is -0.140. The minimum absolute atomic E-state index is 0.0681. The van der Waals surface area contributed by atoms with Crippen LogP contribution in [0.1, 0.15) is 38.8 Å². The minimum atomic E-state index is -0.177. The maximum atomic E-state index is 13.6. The summed E-state index contributed by atoms with van der Waals surface area (Å²) in [4.78, 5) is 2.13. The van der Waals surface area contributed by atoms with Gasteiger partial charge in [0.15, 0.2) is 0 Å². The zero-order chi connectivity index (χ0) is 13.1. The maximum Gasteiger partial charge on any atom is 0.127 e. The fourth-order valence-corrected chi connectivity index (χ4v) is 1.71. The van der Waals surface area contributed by atoms with Gasteiger partial charge in [0.2, 0.25) is 0 Å². The first-order valence-corrected chi connectivity index (χ1v) is 6.05. The van der Waals surface area contributed by atoms with E-state index in [4.69, 9.17) is 5.73 Å². The highest BCUT2D eigenvalue weighted by atomic mass is 19.1. The van der Waals surface area contributed by atoms with Crippen LogP contribution < -0.4 is 5.73 Å². The van der Waals surface area contributed by atoms with Gasteiger partial charge < -0.3 is 5.73 Å². The van der Waals surface area contributed by atoms with Gasteiger partial charge in [-0.1, -0.05) is 18.2 Å². The Labute approximate surface area is 104 Å². The Morgan fingerprint density at radius 3 is 2.47 bits per heavy atom. The van der Waals surface area contributed by atoms with Crippen molar-refractivity contribution in [3.8, 4) is 0 Å². The molecule has 0 aromatic heterocycles. The van der Waals surface area contributed by atoms with Gasteiger partial charge in [-0.25, -0.2) is 4.39 Å². The van der Waals surface area contributed by atoms with Gasteiger partial charge in [-0.3, -0.25) is 4.90 Å². The van der Waals surface area contributed by atoms with Crippen molar-refractivity contribution < 1.29 is 4.39 Å². The van der Waals surface area contributed by atoms with E-state index in [0.29, 0.717) is 0 Å². The molecule has 3 heteroatoms. The number of rotatable bonds is 5. The summed E-state index contributed by atoms with van der Waals surface area (Å²) < 4.78 is 13.6. The van der Waals surface area contributed by atoms with Crippen LogP contribution in [0.5, 0.6) is 0 Å². The third kappa shape index (κ3) is 4.44. The fraction of sp³-hybridized carbons (Fsp3) is 0.571. The highest BCUT2D eigenvalue weighted by Gasteiger charge is 2.17. The number of hydrogen-bond acceptors (Lipinski definition) is 2. The van der Waals surface area contributed by atoms with E-state index >= 15 is 0 Å². The molecule has 0 heterocycles. The molecule has 0 aliphatic carbocycles. The normalized spacial score (nSPS) is 14.1. The van der Waals surface area contributed by atoms with Crippen LogP contribution in [0, 0.1) is 5.82 Å². The minimum Gasteiger partial charge on any atom is -0.326 e. The molecule has 0 radical (unpaired) electrons. The number of halogens is 1. The van der Waals surface area contributed by atoms with Crippen LogP contribution in [0.15, 0.2) is 24.3 Å². The third-order valence-electron chi connectivity index (χ3n) is 3.13. The molecule has 2 N–H and O–H groups in total. The average Bonchev–Trinajstić information content (AvgIpc) is 2.24. The second kappa shape index (κ2) is 5.61. The number of nitrogens with two attached hydrogens (primary N) is 1. The second-order valence-electron chi connectivity index (χ2n) is 5.42. The molecule has 0 amide bonds. The lowest BCUT2D eigenvalue weighted by molar-refractivity contribution is 0.233. The lowest BCUT2D eigenvalue weighted by Crippen LogP contribution is -2.37. The molecule has 0 bridgehead atoms. The predicted molar refractivity (Wildman–Crippen MR) is 70.3 cm³/mol. The summed E-state index contributed by atoms with van der Waals surface area (Å²) in [6.07, 6.45) is 0.891. The van der Waals surface area contributed by atoms with E-state index in [1.165, 1.54) is 6.07 Å². The molecule has 0 saturated heterocycles. The van der Waals surface area contributed by atoms with Crippen LogP contribution in [0.3, 0.4) is 0 Å². The Morgan fingerprint density at radius 1 is 1.35 bits per heavy atom. The van der Waals surface area contributed by atoms with Gasteiger partial charge in [0.1, 0.15) is 5.82 Å². The van der Waals surface area contributed by atoms with Gasteiger partial charge in [-0.15, -0.1) is 0 Å². The monoisotopic (exact) mass is 238 g/mol. The SMILES string of the molecule is CC(c1ccccc1F)N(C)CCC(C)(C)N. The van der Waals surface area contributed by atoms with Gasteiger partial charge in [-0.05, 0) is 40.3 Å². The molecular weight excluding hydrogens is 215 g/mol. The van der Waals surface area contributed by atoms with Crippen molar-refractivity contribution in [3.05, 3.63) is 35.6 Å². The van der Waals surface area contributed by atoms with E-state index in [0.717, 1.165) is 18.5 Å². The summed E-state index contributed by atoms with van der Waals surface area (Å²) in [6.45, 7) is 6.89. The van der Waals surface area contributed by atoms with E-state index in [1.807, 2.05) is 40.0 Å². The lowest BCUT2D eigenvalue weighted by atomic mass is 10.0. The number of benzene rings is 1. The van der Waals surface area contributed by atoms with E-state index < -0.39 is 0 Å². The van der Waals surface area contributed by atoms with Crippen LogP contribution in [0.25, 0.3) is 0 Å². The zero-order valence-electron chi connectivity index (χ0n) is 11.2. The highest BCUT2D eigenvalue weighted by molar-refractivity contribution is 5.20. The topological polar surface area (TPSA) is 29.3 Å². The van der Waals surface area contributed by atoms with Crippen LogP contribution >= 0.6 is 0 Å². The van der Waals surface area contributed by atoms with E-state index in [2.05, 4.69) is 4.90 Å². The van der Waals surface area contributed by atoms with Crippen LogP contribution in [-0.2, 0) is 0 Å². The van der Waals surface area contributed by atoms with Crippen molar-refractivity contribution in [3.63, 3.8) is 0 Å². The number of hydrogen-bond donors (Lipinski definition) is 1. The standard InChI is InChI=1S/C14H23FN2/c1-11(12-7-5-6-8-13(12)15)17(4)10-9-14(2,3)16/h5-8,11H,9-10,16H2,1-4H3. The van der Waals surface area contributed by atoms with Gasteiger partial charge in [0, 0.05) is 23.7 Å². The molecule has 1 aromatic carbocycles. The molecule has 0 aliphatic rings. The highest BCUT2D eigenvalue weighted by Crippen LogP contribution is 2.22. The largest absolute Gasteiger partial charge is 0.326 e. The summed E-state index contributed by atoms with van der Waals surface area (Å²) in [5.41, 5.74) is 6.51. The summed E-state index contributed by atoms with van der Waals surface area (Å²) in [5, 5.41) is 0. The quantitative estimate of drug-likeness (QED) is 0.854. The van der Waals surface area contributed by atoms with Crippen molar-refractivity contribution in [1.29, 1.82) is 0 Å². The average molecular weight is 238 g/mol. The third-order valence-corrected chi connectivity index (χ3v) is 3.13. The van der Waals surface area contributed by atoms with Gasteiger partial charge in [0.05, 0.1) is 0 Å². The Balaban J connectivity index is 2.64. The molecule has 1 aromatic rings. The smallest absolute Gasteiger partial charge is 0.127 e. The van der Waals surface area contributed by atoms with Gasteiger partial charge in [0.25, 0.3) is 0 Å². The van der Waals surface area contributed by atoms with Crippen molar-refractivity contribution in [2.24, 2.45) is 5.73 Å². The Hall–Kier alpha value is -0.930. The predicted octanol–water partition coefficient (Wildman–Crippen LogP) is 2.95. The molecule has 1 rings (SSSR count). The first kappa shape index (κ1) is 14.1.